The number of hydrogen-bond donors (Lipinski definition) is 1. The first-order chi connectivity index (χ1) is 19.4. The zero-order valence-electron chi connectivity index (χ0n) is 23.9. The van der Waals surface area contributed by atoms with Crippen LogP contribution in [0.15, 0.2) is 30.6 Å². The third-order valence-electron chi connectivity index (χ3n) is 7.96. The molecule has 2 fully saturated rings. The van der Waals surface area contributed by atoms with Crippen LogP contribution in [0.3, 0.4) is 0 Å². The molecule has 0 spiro atoms. The van der Waals surface area contributed by atoms with Crippen molar-refractivity contribution in [2.45, 2.75) is 38.8 Å². The number of hydrazine groups is 1. The van der Waals surface area contributed by atoms with Gasteiger partial charge in [-0.3, -0.25) is 20.1 Å². The molecule has 1 N–H and O–H groups in total. The van der Waals surface area contributed by atoms with Crippen molar-refractivity contribution in [2.24, 2.45) is 5.92 Å². The van der Waals surface area contributed by atoms with Gasteiger partial charge in [0.15, 0.2) is 17.0 Å². The summed E-state index contributed by atoms with van der Waals surface area (Å²) in [7, 11) is 6.17. The number of likely N-dealkylation sites (N-methyl/N-ethyl adjacent to an activating group) is 2. The smallest absolute Gasteiger partial charge is 0.272 e. The summed E-state index contributed by atoms with van der Waals surface area (Å²) in [6.45, 7) is 7.20. The SMILES string of the molecule is CN(C)CCn1cnc2c(NN(CC3CCCC3)C(=O)c3ccc(CN4CCN(C)CC4)cc3)nc(C#N)nc21. The van der Waals surface area contributed by atoms with E-state index in [1.54, 1.807) is 11.3 Å². The van der Waals surface area contributed by atoms with Crippen LogP contribution < -0.4 is 5.43 Å². The van der Waals surface area contributed by atoms with Gasteiger partial charge in [-0.1, -0.05) is 25.0 Å². The van der Waals surface area contributed by atoms with Crippen LogP contribution in [0.25, 0.3) is 11.2 Å². The summed E-state index contributed by atoms with van der Waals surface area (Å²) in [5, 5.41) is 11.3. The van der Waals surface area contributed by atoms with Crippen LogP contribution in [0.4, 0.5) is 5.82 Å². The average molecular weight is 545 g/mol. The van der Waals surface area contributed by atoms with Gasteiger partial charge in [0, 0.05) is 57.9 Å². The van der Waals surface area contributed by atoms with Gasteiger partial charge in [-0.05, 0) is 57.6 Å². The van der Waals surface area contributed by atoms with E-state index in [4.69, 9.17) is 0 Å². The Labute approximate surface area is 236 Å². The fourth-order valence-corrected chi connectivity index (χ4v) is 5.47. The van der Waals surface area contributed by atoms with E-state index in [1.807, 2.05) is 30.8 Å². The van der Waals surface area contributed by atoms with Gasteiger partial charge < -0.3 is 14.4 Å². The van der Waals surface area contributed by atoms with E-state index in [2.05, 4.69) is 60.3 Å². The number of nitriles is 1. The Balaban J connectivity index is 1.37. The van der Waals surface area contributed by atoms with Gasteiger partial charge in [0.05, 0.1) is 6.33 Å². The number of carbonyl (C=O) groups excluding carboxylic acids is 1. The quantitative estimate of drug-likeness (QED) is 0.385. The second-order valence-corrected chi connectivity index (χ2v) is 11.4. The summed E-state index contributed by atoms with van der Waals surface area (Å²) in [6.07, 6.45) is 6.27. The summed E-state index contributed by atoms with van der Waals surface area (Å²) in [6, 6.07) is 10.0. The normalized spacial score (nSPS) is 17.0. The van der Waals surface area contributed by atoms with Crippen molar-refractivity contribution in [3.05, 3.63) is 47.5 Å². The molecule has 3 aromatic rings. The van der Waals surface area contributed by atoms with Crippen molar-refractivity contribution in [2.75, 3.05) is 65.8 Å². The zero-order valence-corrected chi connectivity index (χ0v) is 23.9. The molecule has 1 amide bonds. The number of anilines is 1. The highest BCUT2D eigenvalue weighted by molar-refractivity contribution is 5.95. The summed E-state index contributed by atoms with van der Waals surface area (Å²) in [5.41, 5.74) is 6.22. The lowest BCUT2D eigenvalue weighted by molar-refractivity contribution is 0.0770. The number of piperazine rings is 1. The Morgan fingerprint density at radius 3 is 2.50 bits per heavy atom. The van der Waals surface area contributed by atoms with Crippen molar-refractivity contribution in [1.29, 1.82) is 5.26 Å². The van der Waals surface area contributed by atoms with E-state index < -0.39 is 0 Å². The summed E-state index contributed by atoms with van der Waals surface area (Å²) >= 11 is 0. The molecular weight excluding hydrogens is 504 g/mol. The van der Waals surface area contributed by atoms with Gasteiger partial charge in [-0.15, -0.1) is 0 Å². The third kappa shape index (κ3) is 6.75. The summed E-state index contributed by atoms with van der Waals surface area (Å²) in [4.78, 5) is 34.2. The van der Waals surface area contributed by atoms with Crippen molar-refractivity contribution >= 4 is 22.9 Å². The molecule has 40 heavy (non-hydrogen) atoms. The molecule has 1 aliphatic carbocycles. The molecule has 2 aromatic heterocycles. The highest BCUT2D eigenvalue weighted by Gasteiger charge is 2.25. The van der Waals surface area contributed by atoms with Gasteiger partial charge in [-0.25, -0.2) is 4.98 Å². The van der Waals surface area contributed by atoms with Gasteiger partial charge in [0.2, 0.25) is 5.82 Å². The predicted octanol–water partition coefficient (Wildman–Crippen LogP) is 2.67. The lowest BCUT2D eigenvalue weighted by Crippen LogP contribution is -2.43. The van der Waals surface area contributed by atoms with E-state index >= 15 is 0 Å². The molecule has 3 heterocycles. The molecule has 2 aliphatic rings. The van der Waals surface area contributed by atoms with Crippen LogP contribution in [0, 0.1) is 17.2 Å². The fraction of sp³-hybridized carbons (Fsp3) is 0.552. The van der Waals surface area contributed by atoms with Crippen LogP contribution >= 0.6 is 0 Å². The first-order valence-corrected chi connectivity index (χ1v) is 14.3. The lowest BCUT2D eigenvalue weighted by atomic mass is 10.1. The van der Waals surface area contributed by atoms with Gasteiger partial charge in [0.25, 0.3) is 5.91 Å². The lowest BCUT2D eigenvalue weighted by Gasteiger charge is -2.32. The van der Waals surface area contributed by atoms with E-state index in [9.17, 15) is 10.1 Å². The number of nitrogens with zero attached hydrogens (tertiary/aromatic N) is 9. The molecule has 11 nitrogen and oxygen atoms in total. The third-order valence-corrected chi connectivity index (χ3v) is 7.96. The van der Waals surface area contributed by atoms with E-state index in [-0.39, 0.29) is 11.7 Å². The molecule has 1 saturated heterocycles. The van der Waals surface area contributed by atoms with Crippen LogP contribution in [0.2, 0.25) is 0 Å². The number of amides is 1. The average Bonchev–Trinajstić information content (AvgIpc) is 3.63. The summed E-state index contributed by atoms with van der Waals surface area (Å²) in [5.74, 6) is 0.722. The largest absolute Gasteiger partial charge is 0.314 e. The minimum Gasteiger partial charge on any atom is -0.314 e. The van der Waals surface area contributed by atoms with Crippen LogP contribution in [-0.2, 0) is 13.1 Å². The molecule has 1 saturated carbocycles. The Morgan fingerprint density at radius 1 is 1.10 bits per heavy atom. The number of nitrogens with one attached hydrogen (secondary N) is 1. The molecule has 0 bridgehead atoms. The maximum absolute atomic E-state index is 13.9. The fourth-order valence-electron chi connectivity index (χ4n) is 5.47. The number of fused-ring (bicyclic) bond motifs is 1. The number of carbonyl (C=O) groups is 1. The zero-order chi connectivity index (χ0) is 28.1. The molecule has 1 aromatic carbocycles. The maximum Gasteiger partial charge on any atom is 0.272 e. The van der Waals surface area contributed by atoms with Crippen molar-refractivity contribution in [1.82, 2.24) is 39.2 Å². The number of benzene rings is 1. The highest BCUT2D eigenvalue weighted by Crippen LogP contribution is 2.27. The molecule has 0 radical (unpaired) electrons. The Kier molecular flexibility index (Phi) is 8.89. The molecule has 0 atom stereocenters. The predicted molar refractivity (Wildman–Crippen MR) is 154 cm³/mol. The summed E-state index contributed by atoms with van der Waals surface area (Å²) < 4.78 is 1.92. The topological polar surface area (TPSA) is 109 Å². The number of hydrogen-bond acceptors (Lipinski definition) is 9. The number of imidazole rings is 1. The Bertz CT molecular complexity index is 1330. The monoisotopic (exact) mass is 544 g/mol. The Morgan fingerprint density at radius 2 is 1.82 bits per heavy atom. The number of aromatic nitrogens is 4. The van der Waals surface area contributed by atoms with E-state index in [0.29, 0.717) is 41.6 Å². The van der Waals surface area contributed by atoms with Crippen LogP contribution in [0.1, 0.15) is 47.4 Å². The standard InChI is InChI=1S/C29H40N10O/c1-35(2)12-17-38-21-31-26-27(32-25(18-30)33-28(26)38)34-39(20-22-6-4-5-7-22)29(40)24-10-8-23(9-11-24)19-37-15-13-36(3)14-16-37/h8-11,21-22H,4-7,12-17,19-20H2,1-3H3,(H,32,33,34). The second kappa shape index (κ2) is 12.7. The van der Waals surface area contributed by atoms with Gasteiger partial charge in [-0.2, -0.15) is 15.2 Å². The van der Waals surface area contributed by atoms with Crippen molar-refractivity contribution in [3.63, 3.8) is 0 Å². The second-order valence-electron chi connectivity index (χ2n) is 11.4. The molecule has 5 rings (SSSR count). The Hall–Kier alpha value is -3.59. The first kappa shape index (κ1) is 28.0. The molecule has 0 unspecified atom stereocenters. The van der Waals surface area contributed by atoms with Crippen LogP contribution in [0.5, 0.6) is 0 Å². The van der Waals surface area contributed by atoms with Crippen molar-refractivity contribution < 1.29 is 4.79 Å². The van der Waals surface area contributed by atoms with Gasteiger partial charge in [0.1, 0.15) is 6.07 Å². The van der Waals surface area contributed by atoms with Crippen molar-refractivity contribution in [3.8, 4) is 6.07 Å². The van der Waals surface area contributed by atoms with Crippen LogP contribution in [-0.4, -0.2) is 106 Å². The molecule has 11 heteroatoms. The minimum absolute atomic E-state index is 0.0446. The maximum atomic E-state index is 13.9. The van der Waals surface area contributed by atoms with Gasteiger partial charge >= 0.3 is 0 Å². The highest BCUT2D eigenvalue weighted by atomic mass is 16.2. The molecular formula is C29H40N10O. The minimum atomic E-state index is -0.115. The first-order valence-electron chi connectivity index (χ1n) is 14.3. The molecule has 212 valence electrons. The van der Waals surface area contributed by atoms with E-state index in [1.165, 1.54) is 18.4 Å². The molecule has 1 aliphatic heterocycles. The van der Waals surface area contributed by atoms with E-state index in [0.717, 1.165) is 52.1 Å². The number of rotatable bonds is 10.